The molecule has 3 N–H and O–H groups in total. The monoisotopic (exact) mass is 269 g/mol. The topological polar surface area (TPSA) is 94.0 Å². The summed E-state index contributed by atoms with van der Waals surface area (Å²) in [6.45, 7) is 0.700. The van der Waals surface area contributed by atoms with Crippen LogP contribution in [0.1, 0.15) is 12.0 Å². The fourth-order valence-corrected chi connectivity index (χ4v) is 2.02. The van der Waals surface area contributed by atoms with E-state index in [2.05, 4.69) is 38.0 Å². The lowest BCUT2D eigenvalue weighted by Gasteiger charge is -2.08. The van der Waals surface area contributed by atoms with E-state index >= 15 is 0 Å². The summed E-state index contributed by atoms with van der Waals surface area (Å²) in [4.78, 5) is 4.11. The summed E-state index contributed by atoms with van der Waals surface area (Å²) in [6, 6.07) is 8.20. The molecule has 2 aromatic heterocycles. The maximum atomic E-state index is 5.54. The predicted molar refractivity (Wildman–Crippen MR) is 75.7 cm³/mol. The fourth-order valence-electron chi connectivity index (χ4n) is 2.02. The SMILES string of the molecule is NCCCc1cccc(Nc2cncc3nnnn23)c1. The van der Waals surface area contributed by atoms with Crippen molar-refractivity contribution in [3.05, 3.63) is 42.2 Å². The molecule has 20 heavy (non-hydrogen) atoms. The molecule has 0 radical (unpaired) electrons. The second kappa shape index (κ2) is 5.62. The van der Waals surface area contributed by atoms with E-state index < -0.39 is 0 Å². The number of tetrazole rings is 1. The van der Waals surface area contributed by atoms with Crippen LogP contribution in [0.25, 0.3) is 5.65 Å². The maximum absolute atomic E-state index is 5.54. The van der Waals surface area contributed by atoms with Crippen LogP contribution in [0.5, 0.6) is 0 Å². The molecule has 3 aromatic rings. The minimum absolute atomic E-state index is 0.606. The molecule has 102 valence electrons. The number of hydrogen-bond acceptors (Lipinski definition) is 6. The van der Waals surface area contributed by atoms with E-state index in [0.29, 0.717) is 12.2 Å². The summed E-state index contributed by atoms with van der Waals surface area (Å²) >= 11 is 0. The molecule has 0 amide bonds. The van der Waals surface area contributed by atoms with Gasteiger partial charge in [0.1, 0.15) is 0 Å². The Labute approximate surface area is 115 Å². The third kappa shape index (κ3) is 2.57. The first-order chi connectivity index (χ1) is 9.86. The average molecular weight is 269 g/mol. The second-order valence-corrected chi connectivity index (χ2v) is 4.46. The number of rotatable bonds is 5. The van der Waals surface area contributed by atoms with Crippen LogP contribution in [-0.4, -0.2) is 31.6 Å². The smallest absolute Gasteiger partial charge is 0.199 e. The van der Waals surface area contributed by atoms with Crippen LogP contribution in [0, 0.1) is 0 Å². The maximum Gasteiger partial charge on any atom is 0.199 e. The summed E-state index contributed by atoms with van der Waals surface area (Å²) in [6.07, 6.45) is 5.26. The zero-order valence-electron chi connectivity index (χ0n) is 10.9. The Kier molecular flexibility index (Phi) is 3.51. The van der Waals surface area contributed by atoms with Gasteiger partial charge < -0.3 is 11.1 Å². The summed E-state index contributed by atoms with van der Waals surface area (Å²) < 4.78 is 1.61. The summed E-state index contributed by atoms with van der Waals surface area (Å²) in [5.41, 5.74) is 8.37. The molecular weight excluding hydrogens is 254 g/mol. The first kappa shape index (κ1) is 12.5. The number of nitrogens with one attached hydrogen (secondary N) is 1. The van der Waals surface area contributed by atoms with Gasteiger partial charge in [-0.15, -0.1) is 5.10 Å². The van der Waals surface area contributed by atoms with Gasteiger partial charge in [0.2, 0.25) is 0 Å². The van der Waals surface area contributed by atoms with Crippen molar-refractivity contribution in [2.45, 2.75) is 12.8 Å². The van der Waals surface area contributed by atoms with Crippen LogP contribution in [0.2, 0.25) is 0 Å². The molecule has 7 nitrogen and oxygen atoms in total. The second-order valence-electron chi connectivity index (χ2n) is 4.46. The Morgan fingerprint density at radius 3 is 3.10 bits per heavy atom. The van der Waals surface area contributed by atoms with Gasteiger partial charge in [0.05, 0.1) is 12.4 Å². The van der Waals surface area contributed by atoms with E-state index in [-0.39, 0.29) is 0 Å². The molecular formula is C13H15N7. The van der Waals surface area contributed by atoms with Gasteiger partial charge in [-0.05, 0) is 47.5 Å². The van der Waals surface area contributed by atoms with E-state index in [4.69, 9.17) is 5.73 Å². The van der Waals surface area contributed by atoms with Crippen molar-refractivity contribution in [3.8, 4) is 0 Å². The lowest BCUT2D eigenvalue weighted by Crippen LogP contribution is -2.02. The highest BCUT2D eigenvalue weighted by Crippen LogP contribution is 2.17. The molecule has 2 heterocycles. The van der Waals surface area contributed by atoms with E-state index in [9.17, 15) is 0 Å². The van der Waals surface area contributed by atoms with Gasteiger partial charge in [0.15, 0.2) is 11.5 Å². The number of hydrogen-bond donors (Lipinski definition) is 2. The fraction of sp³-hybridized carbons (Fsp3) is 0.231. The van der Waals surface area contributed by atoms with Crippen molar-refractivity contribution in [1.29, 1.82) is 0 Å². The lowest BCUT2D eigenvalue weighted by molar-refractivity contribution is 0.825. The van der Waals surface area contributed by atoms with Crippen LogP contribution in [0.15, 0.2) is 36.7 Å². The van der Waals surface area contributed by atoms with Gasteiger partial charge >= 0.3 is 0 Å². The minimum Gasteiger partial charge on any atom is -0.339 e. The van der Waals surface area contributed by atoms with E-state index in [1.54, 1.807) is 16.9 Å². The highest BCUT2D eigenvalue weighted by atomic mass is 15.5. The third-order valence-corrected chi connectivity index (χ3v) is 2.98. The van der Waals surface area contributed by atoms with Gasteiger partial charge in [-0.3, -0.25) is 4.98 Å². The first-order valence-electron chi connectivity index (χ1n) is 6.45. The molecule has 0 atom stereocenters. The first-order valence-corrected chi connectivity index (χ1v) is 6.45. The molecule has 0 aliphatic heterocycles. The Hall–Kier alpha value is -2.54. The Bertz CT molecular complexity index is 707. The van der Waals surface area contributed by atoms with E-state index in [1.807, 2.05) is 12.1 Å². The molecule has 0 fully saturated rings. The van der Waals surface area contributed by atoms with E-state index in [1.165, 1.54) is 5.56 Å². The number of aryl methyl sites for hydroxylation is 1. The van der Waals surface area contributed by atoms with Crippen molar-refractivity contribution in [1.82, 2.24) is 25.0 Å². The molecule has 0 saturated carbocycles. The summed E-state index contributed by atoms with van der Waals surface area (Å²) in [5.74, 6) is 0.725. The molecule has 0 saturated heterocycles. The summed E-state index contributed by atoms with van der Waals surface area (Å²) in [7, 11) is 0. The third-order valence-electron chi connectivity index (χ3n) is 2.98. The highest BCUT2D eigenvalue weighted by molar-refractivity contribution is 5.58. The zero-order chi connectivity index (χ0) is 13.8. The average Bonchev–Trinajstić information content (AvgIpc) is 2.95. The van der Waals surface area contributed by atoms with Crippen molar-refractivity contribution >= 4 is 17.2 Å². The van der Waals surface area contributed by atoms with Gasteiger partial charge in [0, 0.05) is 5.69 Å². The van der Waals surface area contributed by atoms with Gasteiger partial charge in [0.25, 0.3) is 0 Å². The minimum atomic E-state index is 0.606. The molecule has 0 aliphatic rings. The number of fused-ring (bicyclic) bond motifs is 1. The number of benzene rings is 1. The van der Waals surface area contributed by atoms with Gasteiger partial charge in [-0.25, -0.2) is 0 Å². The summed E-state index contributed by atoms with van der Waals surface area (Å²) in [5, 5.41) is 14.7. The molecule has 1 aromatic carbocycles. The van der Waals surface area contributed by atoms with Crippen LogP contribution in [0.4, 0.5) is 11.5 Å². The molecule has 0 aliphatic carbocycles. The molecule has 7 heteroatoms. The van der Waals surface area contributed by atoms with Crippen LogP contribution in [0.3, 0.4) is 0 Å². The largest absolute Gasteiger partial charge is 0.339 e. The zero-order valence-corrected chi connectivity index (χ0v) is 10.9. The highest BCUT2D eigenvalue weighted by Gasteiger charge is 2.04. The molecule has 0 bridgehead atoms. The van der Waals surface area contributed by atoms with Crippen LogP contribution in [-0.2, 0) is 6.42 Å². The number of anilines is 2. The lowest BCUT2D eigenvalue weighted by atomic mass is 10.1. The van der Waals surface area contributed by atoms with Gasteiger partial charge in [-0.2, -0.15) is 4.52 Å². The van der Waals surface area contributed by atoms with Crippen molar-refractivity contribution in [2.24, 2.45) is 5.73 Å². The molecule has 0 unspecified atom stereocenters. The Balaban J connectivity index is 1.85. The Morgan fingerprint density at radius 1 is 1.25 bits per heavy atom. The van der Waals surface area contributed by atoms with Crippen LogP contribution < -0.4 is 11.1 Å². The quantitative estimate of drug-likeness (QED) is 0.721. The van der Waals surface area contributed by atoms with Gasteiger partial charge in [-0.1, -0.05) is 12.1 Å². The van der Waals surface area contributed by atoms with Crippen molar-refractivity contribution in [3.63, 3.8) is 0 Å². The van der Waals surface area contributed by atoms with Crippen LogP contribution >= 0.6 is 0 Å². The number of nitrogens with two attached hydrogens (primary N) is 1. The molecule has 3 rings (SSSR count). The Morgan fingerprint density at radius 2 is 2.20 bits per heavy atom. The standard InChI is InChI=1S/C13H15N7/c14-6-2-4-10-3-1-5-11(7-10)16-12-8-15-9-13-17-18-19-20(12)13/h1,3,5,7-9,16H,2,4,6,14H2. The predicted octanol–water partition coefficient (Wildman–Crippen LogP) is 1.15. The van der Waals surface area contributed by atoms with Crippen molar-refractivity contribution < 1.29 is 0 Å². The molecule has 0 spiro atoms. The number of nitrogens with zero attached hydrogens (tertiary/aromatic N) is 5. The van der Waals surface area contributed by atoms with E-state index in [0.717, 1.165) is 24.3 Å². The number of aromatic nitrogens is 5. The normalized spacial score (nSPS) is 10.8. The van der Waals surface area contributed by atoms with Crippen molar-refractivity contribution in [2.75, 3.05) is 11.9 Å².